The minimum absolute atomic E-state index is 0.668. The number of nitrogens with zero attached hydrogens (tertiary/aromatic N) is 1. The summed E-state index contributed by atoms with van der Waals surface area (Å²) in [6.07, 6.45) is 4.79. The van der Waals surface area contributed by atoms with E-state index in [1.807, 2.05) is 54.7 Å². The minimum Gasteiger partial charge on any atom is -0.494 e. The van der Waals surface area contributed by atoms with Gasteiger partial charge >= 0.3 is 0 Å². The summed E-state index contributed by atoms with van der Waals surface area (Å²) in [5.41, 5.74) is 1.85. The molecule has 0 aliphatic heterocycles. The Labute approximate surface area is 140 Å². The molecule has 1 aromatic heterocycles. The van der Waals surface area contributed by atoms with Gasteiger partial charge in [0.05, 0.1) is 6.61 Å². The van der Waals surface area contributed by atoms with Crippen LogP contribution < -0.4 is 4.74 Å². The van der Waals surface area contributed by atoms with Gasteiger partial charge in [-0.3, -0.25) is 4.79 Å². The SMILES string of the molecule is O=Cc1cn(CCCCOc2ccc(Cl)cc2)c2ccccc12. The molecule has 0 atom stereocenters. The van der Waals surface area contributed by atoms with Gasteiger partial charge in [-0.05, 0) is 43.2 Å². The van der Waals surface area contributed by atoms with Crippen LogP contribution in [0.15, 0.2) is 54.7 Å². The van der Waals surface area contributed by atoms with Crippen molar-refractivity contribution in [3.63, 3.8) is 0 Å². The molecular formula is C19H18ClNO2. The number of halogens is 1. The normalized spacial score (nSPS) is 10.8. The highest BCUT2D eigenvalue weighted by molar-refractivity contribution is 6.30. The number of aldehydes is 1. The molecule has 0 N–H and O–H groups in total. The monoisotopic (exact) mass is 327 g/mol. The zero-order valence-electron chi connectivity index (χ0n) is 12.7. The summed E-state index contributed by atoms with van der Waals surface area (Å²) in [6.45, 7) is 1.54. The molecule has 0 aliphatic rings. The smallest absolute Gasteiger partial charge is 0.152 e. The van der Waals surface area contributed by atoms with E-state index in [4.69, 9.17) is 16.3 Å². The van der Waals surface area contributed by atoms with Gasteiger partial charge in [0, 0.05) is 34.2 Å². The van der Waals surface area contributed by atoms with Gasteiger partial charge in [0.1, 0.15) is 5.75 Å². The molecule has 0 bridgehead atoms. The van der Waals surface area contributed by atoms with E-state index in [-0.39, 0.29) is 0 Å². The third kappa shape index (κ3) is 3.74. The maximum absolute atomic E-state index is 11.1. The zero-order chi connectivity index (χ0) is 16.1. The van der Waals surface area contributed by atoms with E-state index in [0.29, 0.717) is 11.6 Å². The molecule has 3 aromatic rings. The van der Waals surface area contributed by atoms with E-state index in [0.717, 1.165) is 47.9 Å². The predicted molar refractivity (Wildman–Crippen MR) is 93.5 cm³/mol. The van der Waals surface area contributed by atoms with Gasteiger partial charge in [0.25, 0.3) is 0 Å². The Morgan fingerprint density at radius 1 is 1.04 bits per heavy atom. The number of aromatic nitrogens is 1. The summed E-state index contributed by atoms with van der Waals surface area (Å²) in [4.78, 5) is 11.1. The van der Waals surface area contributed by atoms with Crippen molar-refractivity contribution in [2.45, 2.75) is 19.4 Å². The number of carbonyl (C=O) groups is 1. The van der Waals surface area contributed by atoms with Crippen molar-refractivity contribution in [2.24, 2.45) is 0 Å². The van der Waals surface area contributed by atoms with Crippen LogP contribution in [0.25, 0.3) is 10.9 Å². The van der Waals surface area contributed by atoms with Gasteiger partial charge in [-0.1, -0.05) is 29.8 Å². The van der Waals surface area contributed by atoms with Crippen LogP contribution in [0.3, 0.4) is 0 Å². The second-order valence-electron chi connectivity index (χ2n) is 5.42. The molecule has 0 radical (unpaired) electrons. The van der Waals surface area contributed by atoms with Crippen molar-refractivity contribution in [1.82, 2.24) is 4.57 Å². The lowest BCUT2D eigenvalue weighted by Gasteiger charge is -2.07. The molecule has 0 saturated carbocycles. The molecule has 1 heterocycles. The van der Waals surface area contributed by atoms with Crippen molar-refractivity contribution in [3.05, 3.63) is 65.3 Å². The second-order valence-corrected chi connectivity index (χ2v) is 5.86. The van der Waals surface area contributed by atoms with E-state index in [1.54, 1.807) is 0 Å². The summed E-state index contributed by atoms with van der Waals surface area (Å²) in [7, 11) is 0. The van der Waals surface area contributed by atoms with Gasteiger partial charge in [-0.25, -0.2) is 0 Å². The first-order chi connectivity index (χ1) is 11.3. The molecule has 118 valence electrons. The Balaban J connectivity index is 1.53. The number of carbonyl (C=O) groups excluding carboxylic acids is 1. The quantitative estimate of drug-likeness (QED) is 0.453. The van der Waals surface area contributed by atoms with Gasteiger partial charge in [-0.15, -0.1) is 0 Å². The van der Waals surface area contributed by atoms with Crippen molar-refractivity contribution >= 4 is 28.8 Å². The number of para-hydroxylation sites is 1. The molecule has 0 unspecified atom stereocenters. The molecule has 23 heavy (non-hydrogen) atoms. The Hall–Kier alpha value is -2.26. The predicted octanol–water partition coefficient (Wildman–Crippen LogP) is 4.97. The molecule has 0 amide bonds. The number of fused-ring (bicyclic) bond motifs is 1. The lowest BCUT2D eigenvalue weighted by atomic mass is 10.2. The van der Waals surface area contributed by atoms with E-state index in [2.05, 4.69) is 4.57 Å². The average molecular weight is 328 g/mol. The first-order valence-corrected chi connectivity index (χ1v) is 8.07. The van der Waals surface area contributed by atoms with E-state index in [1.165, 1.54) is 0 Å². The molecule has 2 aromatic carbocycles. The van der Waals surface area contributed by atoms with E-state index >= 15 is 0 Å². The highest BCUT2D eigenvalue weighted by atomic mass is 35.5. The number of ether oxygens (including phenoxy) is 1. The lowest BCUT2D eigenvalue weighted by molar-refractivity contribution is 0.112. The number of rotatable bonds is 7. The Bertz CT molecular complexity index is 793. The molecule has 0 saturated heterocycles. The minimum atomic E-state index is 0.668. The van der Waals surface area contributed by atoms with Crippen molar-refractivity contribution < 1.29 is 9.53 Å². The van der Waals surface area contributed by atoms with Crippen LogP contribution in [0.2, 0.25) is 5.02 Å². The fourth-order valence-corrected chi connectivity index (χ4v) is 2.79. The molecule has 3 nitrogen and oxygen atoms in total. The first kappa shape index (κ1) is 15.6. The first-order valence-electron chi connectivity index (χ1n) is 7.69. The highest BCUT2D eigenvalue weighted by Gasteiger charge is 2.06. The summed E-state index contributed by atoms with van der Waals surface area (Å²) >= 11 is 5.84. The second kappa shape index (κ2) is 7.34. The molecule has 0 aliphatic carbocycles. The number of unbranched alkanes of at least 4 members (excludes halogenated alkanes) is 1. The van der Waals surface area contributed by atoms with E-state index < -0.39 is 0 Å². The van der Waals surface area contributed by atoms with Crippen LogP contribution in [0, 0.1) is 0 Å². The zero-order valence-corrected chi connectivity index (χ0v) is 13.5. The average Bonchev–Trinajstić information content (AvgIpc) is 2.94. The maximum atomic E-state index is 11.1. The van der Waals surface area contributed by atoms with Gasteiger partial charge < -0.3 is 9.30 Å². The van der Waals surface area contributed by atoms with Crippen molar-refractivity contribution in [1.29, 1.82) is 0 Å². The van der Waals surface area contributed by atoms with Gasteiger partial charge in [0.2, 0.25) is 0 Å². The fourth-order valence-electron chi connectivity index (χ4n) is 2.66. The lowest BCUT2D eigenvalue weighted by Crippen LogP contribution is -2.01. The standard InChI is InChI=1S/C19H18ClNO2/c20-16-7-9-17(10-8-16)23-12-4-3-11-21-13-15(14-22)18-5-1-2-6-19(18)21/h1-2,5-10,13-14H,3-4,11-12H2. The molecule has 3 rings (SSSR count). The maximum Gasteiger partial charge on any atom is 0.152 e. The number of hydrogen-bond acceptors (Lipinski definition) is 2. The van der Waals surface area contributed by atoms with Crippen LogP contribution >= 0.6 is 11.6 Å². The molecule has 0 fully saturated rings. The largest absolute Gasteiger partial charge is 0.494 e. The van der Waals surface area contributed by atoms with Crippen LogP contribution in [-0.2, 0) is 6.54 Å². The third-order valence-corrected chi connectivity index (χ3v) is 4.07. The molecule has 4 heteroatoms. The molecular weight excluding hydrogens is 310 g/mol. The number of aryl methyl sites for hydroxylation is 1. The summed E-state index contributed by atoms with van der Waals surface area (Å²) < 4.78 is 7.83. The Morgan fingerprint density at radius 2 is 1.83 bits per heavy atom. The van der Waals surface area contributed by atoms with Crippen LogP contribution in [0.1, 0.15) is 23.2 Å². The number of benzene rings is 2. The van der Waals surface area contributed by atoms with Gasteiger partial charge in [-0.2, -0.15) is 0 Å². The van der Waals surface area contributed by atoms with Crippen LogP contribution in [0.5, 0.6) is 5.75 Å². The Morgan fingerprint density at radius 3 is 2.61 bits per heavy atom. The van der Waals surface area contributed by atoms with E-state index in [9.17, 15) is 4.79 Å². The number of hydrogen-bond donors (Lipinski definition) is 0. The van der Waals surface area contributed by atoms with Crippen LogP contribution in [-0.4, -0.2) is 17.5 Å². The summed E-state index contributed by atoms with van der Waals surface area (Å²) in [5, 5.41) is 1.72. The van der Waals surface area contributed by atoms with Crippen molar-refractivity contribution in [2.75, 3.05) is 6.61 Å². The third-order valence-electron chi connectivity index (χ3n) is 3.82. The highest BCUT2D eigenvalue weighted by Crippen LogP contribution is 2.20. The van der Waals surface area contributed by atoms with Crippen LogP contribution in [0.4, 0.5) is 0 Å². The summed E-state index contributed by atoms with van der Waals surface area (Å²) in [5.74, 6) is 0.837. The van der Waals surface area contributed by atoms with Crippen molar-refractivity contribution in [3.8, 4) is 5.75 Å². The Kier molecular flexibility index (Phi) is 4.99. The summed E-state index contributed by atoms with van der Waals surface area (Å²) in [6, 6.07) is 15.4. The fraction of sp³-hybridized carbons (Fsp3) is 0.211. The van der Waals surface area contributed by atoms with Gasteiger partial charge in [0.15, 0.2) is 6.29 Å². The topological polar surface area (TPSA) is 31.2 Å². The molecule has 0 spiro atoms.